The molecule has 2 saturated heterocycles. The number of esters is 1. The largest absolute Gasteiger partial charge is 0.481 e. The summed E-state index contributed by atoms with van der Waals surface area (Å²) in [6.07, 6.45) is 12.9. The first kappa shape index (κ1) is 25.2. The number of carbonyl (C=O) groups excluding carboxylic acids is 2. The van der Waals surface area contributed by atoms with Crippen molar-refractivity contribution in [2.45, 2.75) is 103 Å². The highest BCUT2D eigenvalue weighted by Gasteiger charge is 2.55. The van der Waals surface area contributed by atoms with Gasteiger partial charge in [-0.3, -0.25) is 9.59 Å². The van der Waals surface area contributed by atoms with E-state index in [1.54, 1.807) is 6.92 Å². The molecule has 1 aliphatic carbocycles. The van der Waals surface area contributed by atoms with Crippen LogP contribution in [0.5, 0.6) is 0 Å². The van der Waals surface area contributed by atoms with Gasteiger partial charge in [0, 0.05) is 4.88 Å². The van der Waals surface area contributed by atoms with E-state index < -0.39 is 29.9 Å². The van der Waals surface area contributed by atoms with Gasteiger partial charge in [-0.1, -0.05) is 44.9 Å². The molecule has 2 bridgehead atoms. The number of hydrogen-bond acceptors (Lipinski definition) is 6. The number of amides is 1. The van der Waals surface area contributed by atoms with Crippen molar-refractivity contribution in [2.24, 2.45) is 11.8 Å². The molecule has 4 atom stereocenters. The lowest BCUT2D eigenvalue weighted by Gasteiger charge is -2.23. The molecule has 4 rings (SSSR count). The number of hydrogen-bond donors (Lipinski definition) is 2. The summed E-state index contributed by atoms with van der Waals surface area (Å²) in [5.41, 5.74) is 1.48. The van der Waals surface area contributed by atoms with Crippen LogP contribution in [0.1, 0.15) is 98.4 Å². The number of ether oxygens (including phenoxy) is 2. The molecule has 2 N–H and O–H groups in total. The minimum Gasteiger partial charge on any atom is -0.481 e. The van der Waals surface area contributed by atoms with Crippen LogP contribution in [0.4, 0.5) is 5.00 Å². The molecule has 8 heteroatoms. The maximum absolute atomic E-state index is 13.3. The molecule has 0 aromatic carbocycles. The summed E-state index contributed by atoms with van der Waals surface area (Å²) in [4.78, 5) is 39.4. The average molecular weight is 492 g/mol. The monoisotopic (exact) mass is 491 g/mol. The smallest absolute Gasteiger partial charge is 0.341 e. The molecule has 1 amide bonds. The van der Waals surface area contributed by atoms with Crippen molar-refractivity contribution < 1.29 is 29.0 Å². The lowest BCUT2D eigenvalue weighted by atomic mass is 9.78. The Kier molecular flexibility index (Phi) is 8.64. The Morgan fingerprint density at radius 3 is 2.15 bits per heavy atom. The fourth-order valence-corrected chi connectivity index (χ4v) is 7.11. The summed E-state index contributed by atoms with van der Waals surface area (Å²) in [7, 11) is 0. The van der Waals surface area contributed by atoms with Crippen LogP contribution in [0.2, 0.25) is 0 Å². The first-order valence-corrected chi connectivity index (χ1v) is 13.8. The lowest BCUT2D eigenvalue weighted by molar-refractivity contribution is -0.147. The van der Waals surface area contributed by atoms with Crippen LogP contribution >= 0.6 is 11.3 Å². The summed E-state index contributed by atoms with van der Waals surface area (Å²) in [6, 6.07) is 0. The van der Waals surface area contributed by atoms with Gasteiger partial charge in [-0.05, 0) is 51.0 Å². The van der Waals surface area contributed by atoms with Crippen LogP contribution in [0.15, 0.2) is 0 Å². The zero-order valence-electron chi connectivity index (χ0n) is 20.1. The van der Waals surface area contributed by atoms with Crippen molar-refractivity contribution in [2.75, 3.05) is 11.9 Å². The molecule has 0 spiro atoms. The molecule has 2 aliphatic heterocycles. The van der Waals surface area contributed by atoms with E-state index in [0.717, 1.165) is 49.0 Å². The van der Waals surface area contributed by atoms with Gasteiger partial charge in [-0.2, -0.15) is 0 Å². The molecule has 3 heterocycles. The molecule has 0 radical (unpaired) electrons. The first-order valence-electron chi connectivity index (χ1n) is 13.0. The number of thiophene rings is 1. The van der Waals surface area contributed by atoms with Gasteiger partial charge in [0.2, 0.25) is 5.91 Å². The van der Waals surface area contributed by atoms with E-state index in [1.807, 2.05) is 0 Å². The van der Waals surface area contributed by atoms with Crippen molar-refractivity contribution in [1.29, 1.82) is 0 Å². The number of carboxylic acid groups (broad SMARTS) is 1. The number of carbonyl (C=O) groups is 3. The predicted molar refractivity (Wildman–Crippen MR) is 130 cm³/mol. The van der Waals surface area contributed by atoms with Crippen molar-refractivity contribution in [3.63, 3.8) is 0 Å². The minimum atomic E-state index is -0.994. The summed E-state index contributed by atoms with van der Waals surface area (Å²) in [5.74, 6) is -3.34. The fourth-order valence-electron chi connectivity index (χ4n) is 5.83. The fraction of sp³-hybridized carbons (Fsp3) is 0.731. The quantitative estimate of drug-likeness (QED) is 0.538. The van der Waals surface area contributed by atoms with Gasteiger partial charge >= 0.3 is 11.9 Å². The second-order valence-corrected chi connectivity index (χ2v) is 10.9. The summed E-state index contributed by atoms with van der Waals surface area (Å²) in [5, 5.41) is 13.2. The molecule has 3 aliphatic rings. The zero-order valence-corrected chi connectivity index (χ0v) is 20.9. The average Bonchev–Trinajstić information content (AvgIpc) is 3.50. The van der Waals surface area contributed by atoms with Crippen molar-refractivity contribution >= 4 is 34.2 Å². The van der Waals surface area contributed by atoms with E-state index in [2.05, 4.69) is 5.32 Å². The highest BCUT2D eigenvalue weighted by Crippen LogP contribution is 2.45. The van der Waals surface area contributed by atoms with Crippen LogP contribution in [0, 0.1) is 11.8 Å². The number of aliphatic carboxylic acids is 1. The van der Waals surface area contributed by atoms with E-state index >= 15 is 0 Å². The molecular formula is C26H37NO6S. The molecule has 1 aromatic rings. The van der Waals surface area contributed by atoms with E-state index in [4.69, 9.17) is 9.47 Å². The Bertz CT molecular complexity index is 896. The van der Waals surface area contributed by atoms with Gasteiger partial charge in [0.15, 0.2) is 0 Å². The van der Waals surface area contributed by atoms with Gasteiger partial charge in [0.05, 0.1) is 36.2 Å². The Morgan fingerprint density at radius 1 is 0.941 bits per heavy atom. The van der Waals surface area contributed by atoms with Gasteiger partial charge in [-0.25, -0.2) is 4.79 Å². The molecule has 0 unspecified atom stereocenters. The Morgan fingerprint density at radius 2 is 1.53 bits per heavy atom. The minimum absolute atomic E-state index is 0.262. The van der Waals surface area contributed by atoms with E-state index in [-0.39, 0.29) is 18.6 Å². The maximum atomic E-state index is 13.3. The molecule has 188 valence electrons. The van der Waals surface area contributed by atoms with Crippen LogP contribution in [-0.2, 0) is 31.9 Å². The number of fused-ring (bicyclic) bond motifs is 3. The molecule has 7 nitrogen and oxygen atoms in total. The van der Waals surface area contributed by atoms with Gasteiger partial charge in [0.1, 0.15) is 5.00 Å². The van der Waals surface area contributed by atoms with Crippen LogP contribution in [0.3, 0.4) is 0 Å². The van der Waals surface area contributed by atoms with Crippen LogP contribution in [-0.4, -0.2) is 41.8 Å². The van der Waals surface area contributed by atoms with Crippen molar-refractivity contribution in [1.82, 2.24) is 0 Å². The summed E-state index contributed by atoms with van der Waals surface area (Å²) < 4.78 is 11.2. The van der Waals surface area contributed by atoms with Gasteiger partial charge < -0.3 is 19.9 Å². The standard InChI is InChI=1S/C26H37NO6S/c1-2-32-26(31)20-16-12-10-8-6-4-3-5-7-9-11-13-19(16)34-24(20)27-23(28)21-17-14-15-18(33-17)22(21)25(29)30/h17-18,21-22H,2-15H2,1H3,(H,27,28)(H,29,30)/t17-,18+,21-,22+/m1/s1. The van der Waals surface area contributed by atoms with Crippen molar-refractivity contribution in [3.8, 4) is 0 Å². The summed E-state index contributed by atoms with van der Waals surface area (Å²) >= 11 is 1.47. The molecule has 1 aromatic heterocycles. The number of nitrogens with one attached hydrogen (secondary N) is 1. The van der Waals surface area contributed by atoms with E-state index in [1.165, 1.54) is 43.4 Å². The number of carboxylic acids is 1. The first-order chi connectivity index (χ1) is 16.5. The third kappa shape index (κ3) is 5.48. The third-order valence-corrected chi connectivity index (χ3v) is 8.71. The normalized spacial score (nSPS) is 27.7. The summed E-state index contributed by atoms with van der Waals surface area (Å²) in [6.45, 7) is 2.04. The molecular weight excluding hydrogens is 454 g/mol. The zero-order chi connectivity index (χ0) is 24.1. The number of anilines is 1. The van der Waals surface area contributed by atoms with Gasteiger partial charge in [0.25, 0.3) is 0 Å². The molecule has 34 heavy (non-hydrogen) atoms. The maximum Gasteiger partial charge on any atom is 0.341 e. The number of aryl methyl sites for hydroxylation is 1. The lowest BCUT2D eigenvalue weighted by Crippen LogP contribution is -2.41. The van der Waals surface area contributed by atoms with Crippen molar-refractivity contribution in [3.05, 3.63) is 16.0 Å². The number of rotatable bonds is 5. The topological polar surface area (TPSA) is 102 Å². The molecule has 2 fully saturated rings. The Labute approximate surface area is 205 Å². The predicted octanol–water partition coefficient (Wildman–Crippen LogP) is 5.35. The van der Waals surface area contributed by atoms with E-state index in [0.29, 0.717) is 23.4 Å². The third-order valence-electron chi connectivity index (χ3n) is 7.50. The van der Waals surface area contributed by atoms with Crippen LogP contribution in [0.25, 0.3) is 0 Å². The molecule has 0 saturated carbocycles. The second-order valence-electron chi connectivity index (χ2n) is 9.78. The Hall–Kier alpha value is -1.93. The SMILES string of the molecule is CCOC(=O)c1c(NC(=O)[C@H]2[C@@H](C(=O)O)[C@@H]3CC[C@H]2O3)sc2c1CCCCCCCCCCC2. The van der Waals surface area contributed by atoms with Gasteiger partial charge in [-0.15, -0.1) is 11.3 Å². The highest BCUT2D eigenvalue weighted by atomic mass is 32.1. The van der Waals surface area contributed by atoms with E-state index in [9.17, 15) is 19.5 Å². The Balaban J connectivity index is 1.61. The van der Waals surface area contributed by atoms with Crippen LogP contribution < -0.4 is 5.32 Å². The highest BCUT2D eigenvalue weighted by molar-refractivity contribution is 7.17. The second kappa shape index (κ2) is 11.7.